The molecule has 3 nitrogen and oxygen atoms in total. The van der Waals surface area contributed by atoms with Crippen LogP contribution in [0.4, 0.5) is 5.69 Å². The van der Waals surface area contributed by atoms with Crippen molar-refractivity contribution in [2.75, 3.05) is 5.32 Å². The van der Waals surface area contributed by atoms with E-state index in [2.05, 4.69) is 10.3 Å². The van der Waals surface area contributed by atoms with Crippen LogP contribution >= 0.6 is 0 Å². The van der Waals surface area contributed by atoms with Gasteiger partial charge in [-0.3, -0.25) is 9.78 Å². The summed E-state index contributed by atoms with van der Waals surface area (Å²) in [6.07, 6.45) is 1.74. The van der Waals surface area contributed by atoms with Crippen molar-refractivity contribution in [1.29, 1.82) is 0 Å². The minimum atomic E-state index is -0.378. The lowest BCUT2D eigenvalue weighted by Crippen LogP contribution is -2.22. The van der Waals surface area contributed by atoms with Crippen LogP contribution in [0.3, 0.4) is 0 Å². The van der Waals surface area contributed by atoms with E-state index in [1.165, 1.54) is 0 Å². The van der Waals surface area contributed by atoms with Crippen molar-refractivity contribution >= 4 is 22.5 Å². The van der Waals surface area contributed by atoms with Gasteiger partial charge >= 0.3 is 0 Å². The highest BCUT2D eigenvalue weighted by Crippen LogP contribution is 2.28. The predicted octanol–water partition coefficient (Wildman–Crippen LogP) is 5.01. The monoisotopic (exact) mass is 338 g/mol. The van der Waals surface area contributed by atoms with Crippen LogP contribution in [0, 0.1) is 0 Å². The van der Waals surface area contributed by atoms with Crippen LogP contribution in [0.1, 0.15) is 17.0 Å². The first-order valence-corrected chi connectivity index (χ1v) is 8.57. The molecule has 1 N–H and O–H groups in total. The number of benzene rings is 3. The maximum Gasteiger partial charge on any atom is 0.236 e. The smallest absolute Gasteiger partial charge is 0.236 e. The topological polar surface area (TPSA) is 42.0 Å². The summed E-state index contributed by atoms with van der Waals surface area (Å²) in [5.41, 5.74) is 3.45. The molecule has 0 atom stereocenters. The predicted molar refractivity (Wildman–Crippen MR) is 105 cm³/mol. The molecule has 0 fully saturated rings. The zero-order valence-electron chi connectivity index (χ0n) is 14.2. The number of aromatic nitrogens is 1. The summed E-state index contributed by atoms with van der Waals surface area (Å²) in [4.78, 5) is 17.6. The van der Waals surface area contributed by atoms with Crippen LogP contribution in [-0.4, -0.2) is 10.9 Å². The molecule has 3 aromatic carbocycles. The lowest BCUT2D eigenvalue weighted by Gasteiger charge is -2.18. The summed E-state index contributed by atoms with van der Waals surface area (Å²) < 4.78 is 0. The SMILES string of the molecule is O=C(Nc1cccc2cccnc12)C(c1ccccc1)c1ccccc1. The molecule has 0 saturated heterocycles. The number of anilines is 1. The number of para-hydroxylation sites is 1. The molecule has 0 bridgehead atoms. The lowest BCUT2D eigenvalue weighted by molar-refractivity contribution is -0.116. The van der Waals surface area contributed by atoms with Crippen LogP contribution in [0.2, 0.25) is 0 Å². The van der Waals surface area contributed by atoms with Gasteiger partial charge in [-0.1, -0.05) is 78.9 Å². The van der Waals surface area contributed by atoms with Gasteiger partial charge in [-0.05, 0) is 23.3 Å². The summed E-state index contributed by atoms with van der Waals surface area (Å²) in [6.45, 7) is 0. The summed E-state index contributed by atoms with van der Waals surface area (Å²) >= 11 is 0. The van der Waals surface area contributed by atoms with Crippen molar-refractivity contribution in [2.24, 2.45) is 0 Å². The first kappa shape index (κ1) is 16.0. The molecule has 0 unspecified atom stereocenters. The zero-order chi connectivity index (χ0) is 17.8. The number of fused-ring (bicyclic) bond motifs is 1. The number of pyridine rings is 1. The zero-order valence-corrected chi connectivity index (χ0v) is 14.2. The Morgan fingerprint density at radius 2 is 1.35 bits per heavy atom. The highest BCUT2D eigenvalue weighted by atomic mass is 16.1. The molecule has 4 aromatic rings. The van der Waals surface area contributed by atoms with E-state index in [0.29, 0.717) is 0 Å². The number of carbonyl (C=O) groups is 1. The Hall–Kier alpha value is -3.46. The molecular weight excluding hydrogens is 320 g/mol. The number of nitrogens with one attached hydrogen (secondary N) is 1. The number of hydrogen-bond donors (Lipinski definition) is 1. The van der Waals surface area contributed by atoms with Crippen LogP contribution in [0.15, 0.2) is 97.2 Å². The molecule has 0 aliphatic heterocycles. The fourth-order valence-electron chi connectivity index (χ4n) is 3.20. The van der Waals surface area contributed by atoms with E-state index in [9.17, 15) is 4.79 Å². The van der Waals surface area contributed by atoms with Gasteiger partial charge in [-0.25, -0.2) is 0 Å². The largest absolute Gasteiger partial charge is 0.323 e. The van der Waals surface area contributed by atoms with Crippen molar-refractivity contribution in [3.63, 3.8) is 0 Å². The van der Waals surface area contributed by atoms with Crippen molar-refractivity contribution in [3.05, 3.63) is 108 Å². The maximum absolute atomic E-state index is 13.2. The Balaban J connectivity index is 1.73. The van der Waals surface area contributed by atoms with Gasteiger partial charge in [0, 0.05) is 11.6 Å². The summed E-state index contributed by atoms with van der Waals surface area (Å²) in [5.74, 6) is -0.447. The molecule has 3 heteroatoms. The van der Waals surface area contributed by atoms with E-state index in [0.717, 1.165) is 27.7 Å². The summed E-state index contributed by atoms with van der Waals surface area (Å²) in [5, 5.41) is 4.08. The fourth-order valence-corrected chi connectivity index (χ4v) is 3.20. The van der Waals surface area contributed by atoms with Gasteiger partial charge in [-0.2, -0.15) is 0 Å². The van der Waals surface area contributed by atoms with Crippen molar-refractivity contribution in [2.45, 2.75) is 5.92 Å². The molecule has 0 aliphatic rings. The average Bonchev–Trinajstić information content (AvgIpc) is 2.70. The third-order valence-electron chi connectivity index (χ3n) is 4.42. The number of rotatable bonds is 4. The van der Waals surface area contributed by atoms with Crippen LogP contribution in [-0.2, 0) is 4.79 Å². The normalized spacial score (nSPS) is 10.8. The minimum absolute atomic E-state index is 0.0689. The first-order valence-electron chi connectivity index (χ1n) is 8.57. The van der Waals surface area contributed by atoms with Gasteiger partial charge in [0.2, 0.25) is 5.91 Å². The Labute approximate surface area is 152 Å². The van der Waals surface area contributed by atoms with Crippen LogP contribution in [0.5, 0.6) is 0 Å². The maximum atomic E-state index is 13.2. The molecule has 1 aromatic heterocycles. The molecule has 0 aliphatic carbocycles. The fraction of sp³-hybridized carbons (Fsp3) is 0.0435. The van der Waals surface area contributed by atoms with Crippen LogP contribution in [0.25, 0.3) is 10.9 Å². The lowest BCUT2D eigenvalue weighted by atomic mass is 9.90. The second kappa shape index (κ2) is 7.19. The Bertz CT molecular complexity index is 985. The third-order valence-corrected chi connectivity index (χ3v) is 4.42. The molecule has 0 spiro atoms. The minimum Gasteiger partial charge on any atom is -0.323 e. The summed E-state index contributed by atoms with van der Waals surface area (Å²) in [7, 11) is 0. The van der Waals surface area contributed by atoms with Crippen LogP contribution < -0.4 is 5.32 Å². The van der Waals surface area contributed by atoms with Crippen molar-refractivity contribution in [3.8, 4) is 0 Å². The Morgan fingerprint density at radius 3 is 2.00 bits per heavy atom. The molecular formula is C23H18N2O. The highest BCUT2D eigenvalue weighted by Gasteiger charge is 2.23. The van der Waals surface area contributed by atoms with Gasteiger partial charge in [0.05, 0.1) is 17.1 Å². The molecule has 1 heterocycles. The number of amides is 1. The van der Waals surface area contributed by atoms with Crippen molar-refractivity contribution < 1.29 is 4.79 Å². The second-order valence-electron chi connectivity index (χ2n) is 6.12. The molecule has 0 radical (unpaired) electrons. The number of hydrogen-bond acceptors (Lipinski definition) is 2. The molecule has 0 saturated carbocycles. The average molecular weight is 338 g/mol. The van der Waals surface area contributed by atoms with E-state index in [1.807, 2.05) is 91.0 Å². The van der Waals surface area contributed by atoms with Gasteiger partial charge in [-0.15, -0.1) is 0 Å². The molecule has 26 heavy (non-hydrogen) atoms. The van der Waals surface area contributed by atoms with Gasteiger partial charge in [0.15, 0.2) is 0 Å². The third kappa shape index (κ3) is 3.20. The van der Waals surface area contributed by atoms with Gasteiger partial charge in [0.25, 0.3) is 0 Å². The Morgan fingerprint density at radius 1 is 0.731 bits per heavy atom. The second-order valence-corrected chi connectivity index (χ2v) is 6.12. The number of nitrogens with zero attached hydrogens (tertiary/aromatic N) is 1. The highest BCUT2D eigenvalue weighted by molar-refractivity contribution is 6.04. The van der Waals surface area contributed by atoms with E-state index in [4.69, 9.17) is 0 Å². The molecule has 126 valence electrons. The van der Waals surface area contributed by atoms with Gasteiger partial charge < -0.3 is 5.32 Å². The quantitative estimate of drug-likeness (QED) is 0.568. The van der Waals surface area contributed by atoms with E-state index >= 15 is 0 Å². The number of carbonyl (C=O) groups excluding carboxylic acids is 1. The Kier molecular flexibility index (Phi) is 4.44. The van der Waals surface area contributed by atoms with E-state index < -0.39 is 0 Å². The standard InChI is InChI=1S/C23H18N2O/c26-23(25-20-15-7-13-19-14-8-16-24-22(19)20)21(17-9-3-1-4-10-17)18-11-5-2-6-12-18/h1-16,21H,(H,25,26). The van der Waals surface area contributed by atoms with Gasteiger partial charge in [0.1, 0.15) is 0 Å². The van der Waals surface area contributed by atoms with Crippen molar-refractivity contribution in [1.82, 2.24) is 4.98 Å². The summed E-state index contributed by atoms with van der Waals surface area (Å²) in [6, 6.07) is 29.4. The van der Waals surface area contributed by atoms with E-state index in [1.54, 1.807) is 6.20 Å². The first-order chi connectivity index (χ1) is 12.8. The van der Waals surface area contributed by atoms with E-state index in [-0.39, 0.29) is 11.8 Å². The molecule has 4 rings (SSSR count). The molecule has 1 amide bonds.